The molecule has 1 saturated heterocycles. The van der Waals surface area contributed by atoms with E-state index in [2.05, 4.69) is 5.32 Å². The van der Waals surface area contributed by atoms with Crippen LogP contribution in [-0.2, 0) is 23.8 Å². The highest BCUT2D eigenvalue weighted by atomic mass is 16.6. The molecule has 3 aromatic rings. The van der Waals surface area contributed by atoms with E-state index >= 15 is 0 Å². The van der Waals surface area contributed by atoms with Gasteiger partial charge in [0.05, 0.1) is 45.1 Å². The topological polar surface area (TPSA) is 119 Å². The standard InChI is InChI=1S/C28H35N3O7/c1-28(2,3)38-27(35)30(12-14-36-16-17-37-15-13-32)19-8-9-23-21(18-19)20-6-4-5-7-22(20)31(23)24-10-11-25(33)29-26(24)34/h4-9,18,24,32H,10-17H2,1-3H3,(H,29,33,34). The number of nitrogens with one attached hydrogen (secondary N) is 1. The van der Waals surface area contributed by atoms with E-state index < -0.39 is 17.7 Å². The number of carbonyl (C=O) groups is 3. The summed E-state index contributed by atoms with van der Waals surface area (Å²) in [6, 6.07) is 12.9. The van der Waals surface area contributed by atoms with Crippen LogP contribution in [0.25, 0.3) is 21.8 Å². The SMILES string of the molecule is CC(C)(C)OC(=O)N(CCOCCOCCO)c1ccc2c(c1)c1ccccc1n2C1CCC(=O)NC1=O. The van der Waals surface area contributed by atoms with Crippen molar-refractivity contribution in [2.45, 2.75) is 45.3 Å². The third kappa shape index (κ3) is 6.32. The molecule has 2 N–H and O–H groups in total. The number of fused-ring (bicyclic) bond motifs is 3. The van der Waals surface area contributed by atoms with Gasteiger partial charge in [-0.25, -0.2) is 4.79 Å². The molecular formula is C28H35N3O7. The first kappa shape index (κ1) is 27.6. The molecule has 10 heteroatoms. The molecule has 1 atom stereocenters. The number of amides is 3. The van der Waals surface area contributed by atoms with Gasteiger partial charge in [-0.1, -0.05) is 18.2 Å². The Hall–Kier alpha value is -3.47. The fraction of sp³-hybridized carbons (Fsp3) is 0.464. The van der Waals surface area contributed by atoms with Crippen LogP contribution >= 0.6 is 0 Å². The van der Waals surface area contributed by atoms with Crippen LogP contribution in [0.3, 0.4) is 0 Å². The van der Waals surface area contributed by atoms with E-state index in [1.165, 1.54) is 4.90 Å². The van der Waals surface area contributed by atoms with Crippen LogP contribution in [0.2, 0.25) is 0 Å². The summed E-state index contributed by atoms with van der Waals surface area (Å²) in [5.41, 5.74) is 1.67. The lowest BCUT2D eigenvalue weighted by Crippen LogP contribution is -2.41. The molecule has 0 saturated carbocycles. The third-order valence-electron chi connectivity index (χ3n) is 6.21. The lowest BCUT2D eigenvalue weighted by atomic mass is 10.1. The van der Waals surface area contributed by atoms with Crippen LogP contribution in [0.1, 0.15) is 39.7 Å². The lowest BCUT2D eigenvalue weighted by molar-refractivity contribution is -0.135. The summed E-state index contributed by atoms with van der Waals surface area (Å²) in [7, 11) is 0. The molecular weight excluding hydrogens is 490 g/mol. The molecule has 1 aliphatic rings. The van der Waals surface area contributed by atoms with E-state index in [-0.39, 0.29) is 44.6 Å². The minimum atomic E-state index is -0.680. The van der Waals surface area contributed by atoms with Crippen molar-refractivity contribution >= 4 is 45.4 Å². The van der Waals surface area contributed by atoms with Gasteiger partial charge in [0, 0.05) is 28.4 Å². The van der Waals surface area contributed by atoms with Crippen LogP contribution in [0, 0.1) is 0 Å². The maximum Gasteiger partial charge on any atom is 0.414 e. The Labute approximate surface area is 221 Å². The van der Waals surface area contributed by atoms with Crippen LogP contribution in [0.15, 0.2) is 42.5 Å². The minimum absolute atomic E-state index is 0.0468. The Morgan fingerprint density at radius 2 is 1.74 bits per heavy atom. The number of imide groups is 1. The number of hydrogen-bond donors (Lipinski definition) is 2. The number of benzene rings is 2. The average Bonchev–Trinajstić information content (AvgIpc) is 3.18. The summed E-state index contributed by atoms with van der Waals surface area (Å²) < 4.78 is 18.5. The second-order valence-electron chi connectivity index (χ2n) is 10.1. The summed E-state index contributed by atoms with van der Waals surface area (Å²) in [5, 5.41) is 13.1. The first-order valence-electron chi connectivity index (χ1n) is 12.8. The molecule has 1 aromatic heterocycles. The fourth-order valence-corrected chi connectivity index (χ4v) is 4.61. The van der Waals surface area contributed by atoms with Crippen molar-refractivity contribution < 1.29 is 33.7 Å². The van der Waals surface area contributed by atoms with Crippen molar-refractivity contribution in [1.29, 1.82) is 0 Å². The highest BCUT2D eigenvalue weighted by Crippen LogP contribution is 2.36. The highest BCUT2D eigenvalue weighted by molar-refractivity contribution is 6.11. The third-order valence-corrected chi connectivity index (χ3v) is 6.21. The number of aromatic nitrogens is 1. The van der Waals surface area contributed by atoms with E-state index in [9.17, 15) is 14.4 Å². The van der Waals surface area contributed by atoms with E-state index in [1.54, 1.807) is 0 Å². The molecule has 204 valence electrons. The predicted octanol–water partition coefficient (Wildman–Crippen LogP) is 3.54. The fourth-order valence-electron chi connectivity index (χ4n) is 4.61. The quantitative estimate of drug-likeness (QED) is 0.307. The predicted molar refractivity (Wildman–Crippen MR) is 143 cm³/mol. The molecule has 0 spiro atoms. The molecule has 0 aliphatic carbocycles. The largest absolute Gasteiger partial charge is 0.443 e. The van der Waals surface area contributed by atoms with Crippen LogP contribution in [-0.4, -0.2) is 72.8 Å². The molecule has 2 aromatic carbocycles. The van der Waals surface area contributed by atoms with Gasteiger partial charge >= 0.3 is 6.09 Å². The average molecular weight is 526 g/mol. The first-order valence-corrected chi connectivity index (χ1v) is 12.8. The Bertz CT molecular complexity index is 1310. The number of nitrogens with zero attached hydrogens (tertiary/aromatic N) is 2. The number of rotatable bonds is 10. The number of ether oxygens (including phenoxy) is 3. The minimum Gasteiger partial charge on any atom is -0.443 e. The van der Waals surface area contributed by atoms with Gasteiger partial charge in [0.2, 0.25) is 11.8 Å². The number of carbonyl (C=O) groups excluding carboxylic acids is 3. The molecule has 3 amide bonds. The molecule has 10 nitrogen and oxygen atoms in total. The van der Waals surface area contributed by atoms with Gasteiger partial charge in [0.25, 0.3) is 0 Å². The Balaban J connectivity index is 1.67. The number of aliphatic hydroxyl groups excluding tert-OH is 1. The number of hydrogen-bond acceptors (Lipinski definition) is 7. The molecule has 1 unspecified atom stereocenters. The van der Waals surface area contributed by atoms with E-state index in [1.807, 2.05) is 67.8 Å². The molecule has 4 rings (SSSR count). The van der Waals surface area contributed by atoms with Gasteiger partial charge in [-0.05, 0) is 51.5 Å². The molecule has 38 heavy (non-hydrogen) atoms. The zero-order valence-corrected chi connectivity index (χ0v) is 22.1. The Kier molecular flexibility index (Phi) is 8.65. The summed E-state index contributed by atoms with van der Waals surface area (Å²) in [6.07, 6.45) is 0.203. The van der Waals surface area contributed by atoms with Gasteiger partial charge in [0.1, 0.15) is 11.6 Å². The maximum absolute atomic E-state index is 13.2. The lowest BCUT2D eigenvalue weighted by Gasteiger charge is -2.28. The van der Waals surface area contributed by atoms with Gasteiger partial charge in [0.15, 0.2) is 0 Å². The Morgan fingerprint density at radius 1 is 1.03 bits per heavy atom. The Morgan fingerprint density at radius 3 is 2.45 bits per heavy atom. The monoisotopic (exact) mass is 525 g/mol. The zero-order valence-electron chi connectivity index (χ0n) is 22.1. The smallest absolute Gasteiger partial charge is 0.414 e. The van der Waals surface area contributed by atoms with Crippen molar-refractivity contribution in [1.82, 2.24) is 9.88 Å². The van der Waals surface area contributed by atoms with E-state index in [0.717, 1.165) is 21.8 Å². The van der Waals surface area contributed by atoms with Crippen molar-refractivity contribution in [3.05, 3.63) is 42.5 Å². The molecule has 1 fully saturated rings. The summed E-state index contributed by atoms with van der Waals surface area (Å²) in [6.45, 7) is 6.84. The van der Waals surface area contributed by atoms with Crippen molar-refractivity contribution in [3.8, 4) is 0 Å². The number of para-hydroxylation sites is 1. The molecule has 0 bridgehead atoms. The van der Waals surface area contributed by atoms with Crippen LogP contribution in [0.5, 0.6) is 0 Å². The normalized spacial score (nSPS) is 16.2. The molecule has 1 aliphatic heterocycles. The summed E-state index contributed by atoms with van der Waals surface area (Å²) in [4.78, 5) is 39.2. The van der Waals surface area contributed by atoms with Gasteiger partial charge in [-0.15, -0.1) is 0 Å². The summed E-state index contributed by atoms with van der Waals surface area (Å²) in [5.74, 6) is -0.576. The zero-order chi connectivity index (χ0) is 27.3. The second-order valence-corrected chi connectivity index (χ2v) is 10.1. The molecule has 0 radical (unpaired) electrons. The van der Waals surface area contributed by atoms with Gasteiger partial charge in [-0.2, -0.15) is 0 Å². The van der Waals surface area contributed by atoms with Crippen molar-refractivity contribution in [2.75, 3.05) is 44.5 Å². The van der Waals surface area contributed by atoms with Gasteiger partial charge in [-0.3, -0.25) is 19.8 Å². The van der Waals surface area contributed by atoms with E-state index in [0.29, 0.717) is 25.3 Å². The highest BCUT2D eigenvalue weighted by Gasteiger charge is 2.31. The van der Waals surface area contributed by atoms with Gasteiger partial charge < -0.3 is 23.9 Å². The van der Waals surface area contributed by atoms with Crippen molar-refractivity contribution in [2.24, 2.45) is 0 Å². The number of piperidine rings is 1. The number of aliphatic hydroxyl groups is 1. The van der Waals surface area contributed by atoms with Crippen LogP contribution < -0.4 is 10.2 Å². The van der Waals surface area contributed by atoms with Crippen LogP contribution in [0.4, 0.5) is 10.5 Å². The summed E-state index contributed by atoms with van der Waals surface area (Å²) >= 11 is 0. The second kappa shape index (κ2) is 11.9. The first-order chi connectivity index (χ1) is 18.2. The van der Waals surface area contributed by atoms with Crippen molar-refractivity contribution in [3.63, 3.8) is 0 Å². The maximum atomic E-state index is 13.2. The number of anilines is 1. The van der Waals surface area contributed by atoms with E-state index in [4.69, 9.17) is 19.3 Å². The molecule has 2 heterocycles.